The Bertz CT molecular complexity index is 682. The molecule has 24 heavy (non-hydrogen) atoms. The van der Waals surface area contributed by atoms with E-state index in [0.717, 1.165) is 10.7 Å². The van der Waals surface area contributed by atoms with Crippen LogP contribution >= 0.6 is 24.0 Å². The molecule has 1 heterocycles. The molecule has 1 aromatic rings. The predicted octanol–water partition coefficient (Wildman–Crippen LogP) is 1.58. The maximum absolute atomic E-state index is 12.5. The highest BCUT2D eigenvalue weighted by atomic mass is 35.5. The van der Waals surface area contributed by atoms with Crippen molar-refractivity contribution in [2.45, 2.75) is 18.2 Å². The first-order chi connectivity index (χ1) is 10.7. The second-order valence-corrected chi connectivity index (χ2v) is 8.78. The van der Waals surface area contributed by atoms with Gasteiger partial charge in [-0.2, -0.15) is 4.31 Å². The van der Waals surface area contributed by atoms with Crippen LogP contribution in [0, 0.1) is 5.41 Å². The van der Waals surface area contributed by atoms with Crippen LogP contribution in [0.4, 0.5) is 0 Å². The van der Waals surface area contributed by atoms with Gasteiger partial charge in [0.2, 0.25) is 15.9 Å². The zero-order chi connectivity index (χ0) is 17.3. The van der Waals surface area contributed by atoms with E-state index in [4.69, 9.17) is 17.3 Å². The number of nitrogens with two attached hydrogens (primary N) is 1. The number of amides is 1. The van der Waals surface area contributed by atoms with Crippen LogP contribution in [0.3, 0.4) is 0 Å². The van der Waals surface area contributed by atoms with Crippen molar-refractivity contribution in [3.63, 3.8) is 0 Å². The van der Waals surface area contributed by atoms with Crippen molar-refractivity contribution in [3.8, 4) is 0 Å². The quantitative estimate of drug-likeness (QED) is 0.819. The van der Waals surface area contributed by atoms with Crippen molar-refractivity contribution < 1.29 is 13.2 Å². The fourth-order valence-corrected chi connectivity index (χ4v) is 3.81. The van der Waals surface area contributed by atoms with E-state index in [1.165, 1.54) is 31.3 Å². The van der Waals surface area contributed by atoms with Gasteiger partial charge in [-0.05, 0) is 42.6 Å². The second kappa shape index (κ2) is 8.01. The summed E-state index contributed by atoms with van der Waals surface area (Å²) in [6.45, 7) is 3.54. The molecule has 9 heteroatoms. The number of benzene rings is 1. The van der Waals surface area contributed by atoms with Crippen LogP contribution in [0.5, 0.6) is 0 Å². The molecule has 0 radical (unpaired) electrons. The van der Waals surface area contributed by atoms with Gasteiger partial charge in [0.25, 0.3) is 0 Å². The number of hydrogen-bond acceptors (Lipinski definition) is 4. The summed E-state index contributed by atoms with van der Waals surface area (Å²) >= 11 is 5.77. The third-order valence-corrected chi connectivity index (χ3v) is 6.35. The van der Waals surface area contributed by atoms with Crippen molar-refractivity contribution in [2.75, 3.05) is 33.2 Å². The molecule has 0 bridgehead atoms. The first-order valence-corrected chi connectivity index (χ1v) is 9.19. The lowest BCUT2D eigenvalue weighted by Crippen LogP contribution is -2.41. The van der Waals surface area contributed by atoms with E-state index in [0.29, 0.717) is 24.7 Å². The Morgan fingerprint density at radius 2 is 1.96 bits per heavy atom. The van der Waals surface area contributed by atoms with Crippen molar-refractivity contribution in [3.05, 3.63) is 29.3 Å². The van der Waals surface area contributed by atoms with E-state index in [1.54, 1.807) is 4.90 Å². The van der Waals surface area contributed by atoms with E-state index in [-0.39, 0.29) is 35.2 Å². The molecule has 136 valence electrons. The van der Waals surface area contributed by atoms with Crippen molar-refractivity contribution in [2.24, 2.45) is 11.1 Å². The molecule has 1 fully saturated rings. The number of halogens is 2. The molecule has 0 aliphatic carbocycles. The predicted molar refractivity (Wildman–Crippen MR) is 96.9 cm³/mol. The third-order valence-electron chi connectivity index (χ3n) is 4.28. The standard InChI is InChI=1S/C15H22ClN3O3S.ClH/c1-15(10-17)7-8-19(11-15)14(20)9-18(2)23(21,22)13-5-3-12(16)4-6-13;/h3-6H,7-11,17H2,1-2H3;1H. The number of rotatable bonds is 5. The van der Waals surface area contributed by atoms with Gasteiger partial charge in [-0.1, -0.05) is 18.5 Å². The van der Waals surface area contributed by atoms with Crippen molar-refractivity contribution >= 4 is 39.9 Å². The summed E-state index contributed by atoms with van der Waals surface area (Å²) in [5.74, 6) is -0.206. The van der Waals surface area contributed by atoms with Gasteiger partial charge < -0.3 is 10.6 Å². The van der Waals surface area contributed by atoms with Crippen molar-refractivity contribution in [1.82, 2.24) is 9.21 Å². The van der Waals surface area contributed by atoms with E-state index < -0.39 is 10.0 Å². The summed E-state index contributed by atoms with van der Waals surface area (Å²) in [7, 11) is -2.31. The summed E-state index contributed by atoms with van der Waals surface area (Å²) in [6, 6.07) is 5.88. The van der Waals surface area contributed by atoms with Gasteiger partial charge in [0.1, 0.15) is 0 Å². The van der Waals surface area contributed by atoms with Gasteiger partial charge >= 0.3 is 0 Å². The minimum Gasteiger partial charge on any atom is -0.341 e. The number of nitrogens with zero attached hydrogens (tertiary/aromatic N) is 2. The molecule has 0 saturated carbocycles. The van der Waals surface area contributed by atoms with E-state index >= 15 is 0 Å². The van der Waals surface area contributed by atoms with Gasteiger partial charge in [0.15, 0.2) is 0 Å². The molecule has 1 amide bonds. The molecule has 0 spiro atoms. The minimum atomic E-state index is -3.71. The molecular formula is C15H23Cl2N3O3S. The lowest BCUT2D eigenvalue weighted by molar-refractivity contribution is -0.130. The van der Waals surface area contributed by atoms with Gasteiger partial charge in [-0.25, -0.2) is 8.42 Å². The average molecular weight is 396 g/mol. The topological polar surface area (TPSA) is 83.7 Å². The molecule has 1 unspecified atom stereocenters. The first kappa shape index (κ1) is 21.2. The SMILES string of the molecule is CN(CC(=O)N1CCC(C)(CN)C1)S(=O)(=O)c1ccc(Cl)cc1.Cl. The van der Waals surface area contributed by atoms with E-state index in [2.05, 4.69) is 0 Å². The fourth-order valence-electron chi connectivity index (χ4n) is 2.57. The Labute approximate surface area is 154 Å². The van der Waals surface area contributed by atoms with Crippen LogP contribution in [0.15, 0.2) is 29.2 Å². The zero-order valence-electron chi connectivity index (χ0n) is 13.7. The van der Waals surface area contributed by atoms with Gasteiger partial charge in [-0.3, -0.25) is 4.79 Å². The smallest absolute Gasteiger partial charge is 0.243 e. The molecule has 0 aromatic heterocycles. The number of likely N-dealkylation sites (N-methyl/N-ethyl adjacent to an activating group) is 1. The maximum atomic E-state index is 12.5. The molecular weight excluding hydrogens is 373 g/mol. The third kappa shape index (κ3) is 4.61. The zero-order valence-corrected chi connectivity index (χ0v) is 16.1. The number of likely N-dealkylation sites (tertiary alicyclic amines) is 1. The van der Waals surface area contributed by atoms with Crippen LogP contribution in [-0.4, -0.2) is 56.8 Å². The molecule has 1 aromatic carbocycles. The summed E-state index contributed by atoms with van der Waals surface area (Å²) < 4.78 is 26.0. The average Bonchev–Trinajstić information content (AvgIpc) is 2.91. The van der Waals surface area contributed by atoms with Crippen molar-refractivity contribution in [1.29, 1.82) is 0 Å². The lowest BCUT2D eigenvalue weighted by atomic mass is 9.90. The molecule has 2 N–H and O–H groups in total. The molecule has 6 nitrogen and oxygen atoms in total. The first-order valence-electron chi connectivity index (χ1n) is 7.38. The number of carbonyl (C=O) groups is 1. The van der Waals surface area contributed by atoms with Crippen LogP contribution in [0.2, 0.25) is 5.02 Å². The van der Waals surface area contributed by atoms with Crippen LogP contribution in [-0.2, 0) is 14.8 Å². The summed E-state index contributed by atoms with van der Waals surface area (Å²) in [6.07, 6.45) is 0.836. The monoisotopic (exact) mass is 395 g/mol. The molecule has 1 aliphatic heterocycles. The summed E-state index contributed by atoms with van der Waals surface area (Å²) in [4.78, 5) is 14.1. The number of carbonyl (C=O) groups excluding carboxylic acids is 1. The molecule has 2 rings (SSSR count). The Kier molecular flexibility index (Phi) is 7.07. The van der Waals surface area contributed by atoms with Gasteiger partial charge in [0, 0.05) is 25.2 Å². The summed E-state index contributed by atoms with van der Waals surface area (Å²) in [5.41, 5.74) is 5.65. The largest absolute Gasteiger partial charge is 0.341 e. The van der Waals surface area contributed by atoms with E-state index in [1.807, 2.05) is 6.92 Å². The molecule has 1 saturated heterocycles. The number of sulfonamides is 1. The minimum absolute atomic E-state index is 0. The molecule has 1 aliphatic rings. The van der Waals surface area contributed by atoms with Gasteiger partial charge in [0.05, 0.1) is 11.4 Å². The second-order valence-electron chi connectivity index (χ2n) is 6.30. The Morgan fingerprint density at radius 3 is 2.46 bits per heavy atom. The van der Waals surface area contributed by atoms with Gasteiger partial charge in [-0.15, -0.1) is 12.4 Å². The highest BCUT2D eigenvalue weighted by molar-refractivity contribution is 7.89. The summed E-state index contributed by atoms with van der Waals surface area (Å²) in [5, 5.41) is 0.459. The maximum Gasteiger partial charge on any atom is 0.243 e. The normalized spacial score (nSPS) is 21.0. The Balaban J connectivity index is 0.00000288. The number of hydrogen-bond donors (Lipinski definition) is 1. The van der Waals surface area contributed by atoms with Crippen LogP contribution in [0.1, 0.15) is 13.3 Å². The highest BCUT2D eigenvalue weighted by Crippen LogP contribution is 2.28. The Hall–Kier alpha value is -0.860. The Morgan fingerprint density at radius 1 is 1.38 bits per heavy atom. The van der Waals surface area contributed by atoms with Crippen LogP contribution < -0.4 is 5.73 Å². The van der Waals surface area contributed by atoms with Crippen LogP contribution in [0.25, 0.3) is 0 Å². The van der Waals surface area contributed by atoms with E-state index in [9.17, 15) is 13.2 Å². The lowest BCUT2D eigenvalue weighted by Gasteiger charge is -2.24. The highest BCUT2D eigenvalue weighted by Gasteiger charge is 2.35. The molecule has 1 atom stereocenters. The fraction of sp³-hybridized carbons (Fsp3) is 0.533.